The molecule has 0 radical (unpaired) electrons. The molecule has 1 aliphatic carbocycles. The van der Waals surface area contributed by atoms with Crippen LogP contribution in [-0.2, 0) is 6.42 Å². The van der Waals surface area contributed by atoms with Gasteiger partial charge in [-0.1, -0.05) is 0 Å². The van der Waals surface area contributed by atoms with E-state index in [1.165, 1.54) is 24.1 Å². The van der Waals surface area contributed by atoms with Crippen LogP contribution in [0, 0.1) is 5.92 Å². The van der Waals surface area contributed by atoms with Crippen LogP contribution in [0.1, 0.15) is 17.7 Å². The maximum atomic E-state index is 5.59. The zero-order valence-corrected chi connectivity index (χ0v) is 6.66. The fourth-order valence-corrected chi connectivity index (χ4v) is 2.00. The summed E-state index contributed by atoms with van der Waals surface area (Å²) < 4.78 is 0. The van der Waals surface area contributed by atoms with Crippen molar-refractivity contribution in [3.63, 3.8) is 0 Å². The van der Waals surface area contributed by atoms with E-state index in [0.717, 1.165) is 11.6 Å². The molecule has 1 saturated carbocycles. The van der Waals surface area contributed by atoms with Crippen molar-refractivity contribution in [1.82, 2.24) is 0 Å². The van der Waals surface area contributed by atoms with Crippen LogP contribution in [0.3, 0.4) is 0 Å². The van der Waals surface area contributed by atoms with Crippen LogP contribution in [-0.4, -0.2) is 0 Å². The van der Waals surface area contributed by atoms with Gasteiger partial charge < -0.3 is 5.73 Å². The summed E-state index contributed by atoms with van der Waals surface area (Å²) in [5.41, 5.74) is 6.52. The van der Waals surface area contributed by atoms with Crippen LogP contribution in [0.4, 0.5) is 5.69 Å². The van der Waals surface area contributed by atoms with Gasteiger partial charge in [0.1, 0.15) is 0 Å². The Hall–Kier alpha value is -0.500. The predicted molar refractivity (Wildman–Crippen MR) is 45.2 cm³/mol. The molecule has 0 spiro atoms. The molecule has 2 N–H and O–H groups in total. The van der Waals surface area contributed by atoms with Gasteiger partial charge in [0.2, 0.25) is 0 Å². The number of nitrogens with two attached hydrogens (primary N) is 1. The van der Waals surface area contributed by atoms with Crippen molar-refractivity contribution < 1.29 is 0 Å². The molecule has 0 atom stereocenters. The minimum atomic E-state index is 0.931. The molecule has 0 aliphatic heterocycles. The number of rotatable bonds is 2. The summed E-state index contributed by atoms with van der Waals surface area (Å²) in [6.45, 7) is 0. The summed E-state index contributed by atoms with van der Waals surface area (Å²) in [7, 11) is 0. The Balaban J connectivity index is 2.03. The second-order valence-electron chi connectivity index (χ2n) is 2.99. The molecule has 10 heavy (non-hydrogen) atoms. The van der Waals surface area contributed by atoms with Gasteiger partial charge in [0.15, 0.2) is 0 Å². The lowest BCUT2D eigenvalue weighted by Crippen LogP contribution is -1.81. The van der Waals surface area contributed by atoms with Crippen molar-refractivity contribution in [3.05, 3.63) is 16.3 Å². The average molecular weight is 153 g/mol. The number of thiophene rings is 1. The predicted octanol–water partition coefficient (Wildman–Crippen LogP) is 2.28. The molecule has 54 valence electrons. The van der Waals surface area contributed by atoms with E-state index in [2.05, 4.69) is 6.07 Å². The third-order valence-electron chi connectivity index (χ3n) is 1.86. The molecule has 0 unspecified atom stereocenters. The van der Waals surface area contributed by atoms with E-state index in [9.17, 15) is 0 Å². The van der Waals surface area contributed by atoms with E-state index < -0.39 is 0 Å². The Morgan fingerprint density at radius 3 is 2.90 bits per heavy atom. The first-order valence-corrected chi connectivity index (χ1v) is 4.55. The quantitative estimate of drug-likeness (QED) is 0.693. The topological polar surface area (TPSA) is 26.0 Å². The number of anilines is 1. The fraction of sp³-hybridized carbons (Fsp3) is 0.500. The summed E-state index contributed by atoms with van der Waals surface area (Å²) in [4.78, 5) is 1.46. The second-order valence-corrected chi connectivity index (χ2v) is 3.99. The van der Waals surface area contributed by atoms with E-state index in [0.29, 0.717) is 0 Å². The van der Waals surface area contributed by atoms with Gasteiger partial charge in [-0.3, -0.25) is 0 Å². The van der Waals surface area contributed by atoms with Gasteiger partial charge >= 0.3 is 0 Å². The highest BCUT2D eigenvalue weighted by atomic mass is 32.1. The maximum absolute atomic E-state index is 5.59. The Labute approximate surface area is 64.9 Å². The summed E-state index contributed by atoms with van der Waals surface area (Å²) >= 11 is 1.79. The summed E-state index contributed by atoms with van der Waals surface area (Å²) in [5.74, 6) is 0.984. The van der Waals surface area contributed by atoms with Gasteiger partial charge in [-0.15, -0.1) is 11.3 Å². The molecule has 1 nitrogen and oxygen atoms in total. The Bertz CT molecular complexity index is 225. The molecule has 0 aromatic carbocycles. The first kappa shape index (κ1) is 6.23. The smallest absolute Gasteiger partial charge is 0.0425 e. The molecule has 1 aliphatic rings. The third-order valence-corrected chi connectivity index (χ3v) is 2.84. The Morgan fingerprint density at radius 1 is 1.60 bits per heavy atom. The van der Waals surface area contributed by atoms with Crippen molar-refractivity contribution in [2.75, 3.05) is 5.73 Å². The average Bonchev–Trinajstić information content (AvgIpc) is 2.59. The number of hydrogen-bond acceptors (Lipinski definition) is 2. The van der Waals surface area contributed by atoms with E-state index in [1.54, 1.807) is 11.3 Å². The molecule has 0 amide bonds. The van der Waals surface area contributed by atoms with Gasteiger partial charge in [-0.25, -0.2) is 0 Å². The van der Waals surface area contributed by atoms with Crippen LogP contribution in [0.2, 0.25) is 0 Å². The Morgan fingerprint density at radius 2 is 2.40 bits per heavy atom. The van der Waals surface area contributed by atoms with Crippen LogP contribution >= 0.6 is 11.3 Å². The summed E-state index contributed by atoms with van der Waals surface area (Å²) in [6.07, 6.45) is 4.12. The van der Waals surface area contributed by atoms with Crippen LogP contribution in [0.25, 0.3) is 0 Å². The van der Waals surface area contributed by atoms with Gasteiger partial charge in [-0.05, 0) is 31.2 Å². The highest BCUT2D eigenvalue weighted by molar-refractivity contribution is 7.10. The van der Waals surface area contributed by atoms with Crippen molar-refractivity contribution in [2.24, 2.45) is 5.92 Å². The first-order chi connectivity index (χ1) is 4.84. The van der Waals surface area contributed by atoms with Crippen molar-refractivity contribution in [2.45, 2.75) is 19.3 Å². The van der Waals surface area contributed by atoms with Crippen LogP contribution in [0.5, 0.6) is 0 Å². The monoisotopic (exact) mass is 153 g/mol. The Kier molecular flexibility index (Phi) is 1.42. The zero-order valence-electron chi connectivity index (χ0n) is 5.84. The van der Waals surface area contributed by atoms with Gasteiger partial charge in [0, 0.05) is 15.9 Å². The molecule has 2 heteroatoms. The summed E-state index contributed by atoms with van der Waals surface area (Å²) in [6, 6.07) is 2.10. The summed E-state index contributed by atoms with van der Waals surface area (Å²) in [5, 5.41) is 2.03. The second kappa shape index (κ2) is 2.27. The van der Waals surface area contributed by atoms with Gasteiger partial charge in [-0.2, -0.15) is 0 Å². The molecular formula is C8H11NS. The van der Waals surface area contributed by atoms with Crippen molar-refractivity contribution >= 4 is 17.0 Å². The SMILES string of the molecule is Nc1csc(CC2CC2)c1. The first-order valence-electron chi connectivity index (χ1n) is 3.67. The molecular weight excluding hydrogens is 142 g/mol. The molecule has 0 saturated heterocycles. The third kappa shape index (κ3) is 1.32. The van der Waals surface area contributed by atoms with E-state index in [-0.39, 0.29) is 0 Å². The molecule has 2 rings (SSSR count). The normalized spacial score (nSPS) is 17.6. The lowest BCUT2D eigenvalue weighted by molar-refractivity contribution is 0.847. The van der Waals surface area contributed by atoms with Crippen molar-refractivity contribution in [1.29, 1.82) is 0 Å². The molecule has 1 aromatic rings. The molecule has 0 bridgehead atoms. The lowest BCUT2D eigenvalue weighted by Gasteiger charge is -1.88. The lowest BCUT2D eigenvalue weighted by atomic mass is 10.2. The zero-order chi connectivity index (χ0) is 6.97. The van der Waals surface area contributed by atoms with Crippen LogP contribution in [0.15, 0.2) is 11.4 Å². The largest absolute Gasteiger partial charge is 0.398 e. The minimum Gasteiger partial charge on any atom is -0.398 e. The molecule has 1 aromatic heterocycles. The van der Waals surface area contributed by atoms with E-state index in [4.69, 9.17) is 5.73 Å². The van der Waals surface area contributed by atoms with Crippen LogP contribution < -0.4 is 5.73 Å². The standard InChI is InChI=1S/C8H11NS/c9-7-4-8(10-5-7)3-6-1-2-6/h4-6H,1-3,9H2. The maximum Gasteiger partial charge on any atom is 0.0425 e. The van der Waals surface area contributed by atoms with E-state index >= 15 is 0 Å². The van der Waals surface area contributed by atoms with Gasteiger partial charge in [0.05, 0.1) is 0 Å². The highest BCUT2D eigenvalue weighted by Crippen LogP contribution is 2.34. The van der Waals surface area contributed by atoms with Gasteiger partial charge in [0.25, 0.3) is 0 Å². The molecule has 1 heterocycles. The molecule has 1 fully saturated rings. The number of hydrogen-bond donors (Lipinski definition) is 1. The highest BCUT2D eigenvalue weighted by Gasteiger charge is 2.21. The number of nitrogen functional groups attached to an aromatic ring is 1. The minimum absolute atomic E-state index is 0.931. The van der Waals surface area contributed by atoms with Crippen molar-refractivity contribution in [3.8, 4) is 0 Å². The fourth-order valence-electron chi connectivity index (χ4n) is 1.11. The van der Waals surface area contributed by atoms with E-state index in [1.807, 2.05) is 5.38 Å².